The number of amides is 1. The number of benzene rings is 1. The van der Waals surface area contributed by atoms with Gasteiger partial charge in [-0.05, 0) is 60.2 Å². The Hall–Kier alpha value is -4.20. The monoisotopic (exact) mass is 470 g/mol. The number of pyridine rings is 2. The average molecular weight is 471 g/mol. The summed E-state index contributed by atoms with van der Waals surface area (Å²) in [4.78, 5) is 28.7. The number of carbonyl (C=O) groups is 1. The molecule has 35 heavy (non-hydrogen) atoms. The first-order valence-electron chi connectivity index (χ1n) is 11.6. The van der Waals surface area contributed by atoms with Crippen LogP contribution in [0.15, 0.2) is 85.3 Å². The lowest BCUT2D eigenvalue weighted by molar-refractivity contribution is 0.0977. The van der Waals surface area contributed by atoms with Crippen molar-refractivity contribution in [2.75, 3.05) is 40.9 Å². The van der Waals surface area contributed by atoms with Gasteiger partial charge in [0, 0.05) is 57.5 Å². The van der Waals surface area contributed by atoms with Crippen LogP contribution in [-0.2, 0) is 13.6 Å². The van der Waals surface area contributed by atoms with Gasteiger partial charge in [0.15, 0.2) is 0 Å². The summed E-state index contributed by atoms with van der Waals surface area (Å²) in [5.41, 5.74) is 2.09. The fourth-order valence-corrected chi connectivity index (χ4v) is 4.31. The zero-order chi connectivity index (χ0) is 24.2. The lowest BCUT2D eigenvalue weighted by atomic mass is 10.2. The smallest absolute Gasteiger partial charge is 0.275 e. The normalized spacial score (nSPS) is 13.7. The first-order chi connectivity index (χ1) is 17.1. The lowest BCUT2D eigenvalue weighted by Gasteiger charge is -2.36. The second-order valence-electron chi connectivity index (χ2n) is 8.56. The molecule has 0 aliphatic carbocycles. The molecular formula is C27H27FN6O. The van der Waals surface area contributed by atoms with Gasteiger partial charge in [0.2, 0.25) is 0 Å². The molecule has 8 heteroatoms. The van der Waals surface area contributed by atoms with Crippen molar-refractivity contribution in [3.63, 3.8) is 0 Å². The van der Waals surface area contributed by atoms with E-state index in [4.69, 9.17) is 0 Å². The third kappa shape index (κ3) is 5.01. The van der Waals surface area contributed by atoms with Gasteiger partial charge in [-0.2, -0.15) is 0 Å². The molecule has 0 atom stereocenters. The molecular weight excluding hydrogens is 443 g/mol. The quantitative estimate of drug-likeness (QED) is 0.424. The minimum atomic E-state index is -0.339. The van der Waals surface area contributed by atoms with Crippen molar-refractivity contribution in [1.82, 2.24) is 14.5 Å². The molecule has 1 amide bonds. The minimum Gasteiger partial charge on any atom is -0.353 e. The Balaban J connectivity index is 1.29. The molecule has 0 saturated carbocycles. The van der Waals surface area contributed by atoms with Crippen molar-refractivity contribution in [1.29, 1.82) is 0 Å². The van der Waals surface area contributed by atoms with Gasteiger partial charge in [0.25, 0.3) is 5.91 Å². The molecule has 0 unspecified atom stereocenters. The Labute approximate surface area is 204 Å². The van der Waals surface area contributed by atoms with Crippen LogP contribution in [0.2, 0.25) is 0 Å². The van der Waals surface area contributed by atoms with E-state index in [1.165, 1.54) is 12.1 Å². The van der Waals surface area contributed by atoms with Crippen LogP contribution in [0.25, 0.3) is 0 Å². The largest absolute Gasteiger partial charge is 0.353 e. The van der Waals surface area contributed by atoms with Crippen molar-refractivity contribution >= 4 is 23.2 Å². The summed E-state index contributed by atoms with van der Waals surface area (Å²) in [6, 6.07) is 19.6. The van der Waals surface area contributed by atoms with Crippen LogP contribution in [0.4, 0.5) is 21.7 Å². The van der Waals surface area contributed by atoms with E-state index in [0.717, 1.165) is 43.4 Å². The Kier molecular flexibility index (Phi) is 6.43. The van der Waals surface area contributed by atoms with Gasteiger partial charge in [0.05, 0.1) is 6.54 Å². The highest BCUT2D eigenvalue weighted by Crippen LogP contribution is 2.22. The molecule has 1 aliphatic heterocycles. The third-order valence-electron chi connectivity index (χ3n) is 6.27. The maximum atomic E-state index is 13.5. The standard InChI is InChI=1S/C27H27FN6O/c1-31-14-4-5-24(31)27(35)34(23-10-8-22(28)9-11-23)20-21-7-12-26(30-19-21)33-17-15-32(16-18-33)25-6-2-3-13-29-25/h2-14,19H,15-18,20H2,1H3. The van der Waals surface area contributed by atoms with Crippen molar-refractivity contribution in [3.8, 4) is 0 Å². The molecule has 178 valence electrons. The number of piperazine rings is 1. The summed E-state index contributed by atoms with van der Waals surface area (Å²) in [7, 11) is 1.83. The number of carbonyl (C=O) groups excluding carboxylic acids is 1. The van der Waals surface area contributed by atoms with E-state index in [1.807, 2.05) is 62.0 Å². The number of nitrogens with zero attached hydrogens (tertiary/aromatic N) is 6. The highest BCUT2D eigenvalue weighted by Gasteiger charge is 2.22. The van der Waals surface area contributed by atoms with Crippen molar-refractivity contribution in [2.24, 2.45) is 7.05 Å². The maximum Gasteiger partial charge on any atom is 0.275 e. The lowest BCUT2D eigenvalue weighted by Crippen LogP contribution is -2.47. The van der Waals surface area contributed by atoms with Crippen LogP contribution in [0, 0.1) is 5.82 Å². The predicted molar refractivity (Wildman–Crippen MR) is 135 cm³/mol. The van der Waals surface area contributed by atoms with E-state index in [9.17, 15) is 9.18 Å². The molecule has 0 bridgehead atoms. The van der Waals surface area contributed by atoms with Crippen LogP contribution < -0.4 is 14.7 Å². The summed E-state index contributed by atoms with van der Waals surface area (Å²) < 4.78 is 15.3. The second kappa shape index (κ2) is 9.97. The molecule has 1 fully saturated rings. The number of rotatable bonds is 6. The Morgan fingerprint density at radius 3 is 2.17 bits per heavy atom. The number of hydrogen-bond acceptors (Lipinski definition) is 5. The zero-order valence-corrected chi connectivity index (χ0v) is 19.6. The fraction of sp³-hybridized carbons (Fsp3) is 0.222. The highest BCUT2D eigenvalue weighted by atomic mass is 19.1. The summed E-state index contributed by atoms with van der Waals surface area (Å²) >= 11 is 0. The van der Waals surface area contributed by atoms with Crippen LogP contribution >= 0.6 is 0 Å². The van der Waals surface area contributed by atoms with Gasteiger partial charge in [-0.1, -0.05) is 12.1 Å². The summed E-state index contributed by atoms with van der Waals surface area (Å²) in [5, 5.41) is 0. The second-order valence-corrected chi connectivity index (χ2v) is 8.56. The highest BCUT2D eigenvalue weighted by molar-refractivity contribution is 6.05. The zero-order valence-electron chi connectivity index (χ0n) is 19.6. The SMILES string of the molecule is Cn1cccc1C(=O)N(Cc1ccc(N2CCN(c3ccccn3)CC2)nc1)c1ccc(F)cc1. The number of halogens is 1. The van der Waals surface area contributed by atoms with Crippen LogP contribution in [0.1, 0.15) is 16.1 Å². The number of hydrogen-bond donors (Lipinski definition) is 0. The molecule has 0 N–H and O–H groups in total. The molecule has 1 aromatic carbocycles. The van der Waals surface area contributed by atoms with Gasteiger partial charge >= 0.3 is 0 Å². The van der Waals surface area contributed by atoms with Gasteiger partial charge in [0.1, 0.15) is 23.1 Å². The van der Waals surface area contributed by atoms with Crippen molar-refractivity contribution in [3.05, 3.63) is 102 Å². The first kappa shape index (κ1) is 22.6. The summed E-state index contributed by atoms with van der Waals surface area (Å²) in [6.07, 6.45) is 5.47. The summed E-state index contributed by atoms with van der Waals surface area (Å²) in [5.74, 6) is 1.42. The fourth-order valence-electron chi connectivity index (χ4n) is 4.31. The van der Waals surface area contributed by atoms with Gasteiger partial charge in [-0.3, -0.25) is 4.79 Å². The average Bonchev–Trinajstić information content (AvgIpc) is 3.34. The van der Waals surface area contributed by atoms with Crippen molar-refractivity contribution < 1.29 is 9.18 Å². The van der Waals surface area contributed by atoms with Crippen LogP contribution in [-0.4, -0.2) is 46.6 Å². The minimum absolute atomic E-state index is 0.154. The van der Waals surface area contributed by atoms with E-state index >= 15 is 0 Å². The molecule has 0 spiro atoms. The number of aryl methyl sites for hydroxylation is 1. The van der Waals surface area contributed by atoms with E-state index in [-0.39, 0.29) is 11.7 Å². The third-order valence-corrected chi connectivity index (χ3v) is 6.27. The predicted octanol–water partition coefficient (Wildman–Crippen LogP) is 4.13. The van der Waals surface area contributed by atoms with Crippen LogP contribution in [0.3, 0.4) is 0 Å². The van der Waals surface area contributed by atoms with E-state index in [0.29, 0.717) is 17.9 Å². The van der Waals surface area contributed by atoms with Gasteiger partial charge in [-0.25, -0.2) is 14.4 Å². The van der Waals surface area contributed by atoms with Gasteiger partial charge < -0.3 is 19.3 Å². The molecule has 0 radical (unpaired) electrons. The maximum absolute atomic E-state index is 13.5. The van der Waals surface area contributed by atoms with Crippen molar-refractivity contribution in [2.45, 2.75) is 6.54 Å². The molecule has 1 saturated heterocycles. The van der Waals surface area contributed by atoms with Gasteiger partial charge in [-0.15, -0.1) is 0 Å². The topological polar surface area (TPSA) is 57.5 Å². The Morgan fingerprint density at radius 1 is 0.886 bits per heavy atom. The van der Waals surface area contributed by atoms with E-state index in [1.54, 1.807) is 27.7 Å². The van der Waals surface area contributed by atoms with E-state index in [2.05, 4.69) is 19.8 Å². The molecule has 3 aromatic heterocycles. The van der Waals surface area contributed by atoms with E-state index < -0.39 is 0 Å². The summed E-state index contributed by atoms with van der Waals surface area (Å²) in [6.45, 7) is 3.80. The Bertz CT molecular complexity index is 1270. The molecule has 7 nitrogen and oxygen atoms in total. The number of anilines is 3. The number of aromatic nitrogens is 3. The van der Waals surface area contributed by atoms with Crippen LogP contribution in [0.5, 0.6) is 0 Å². The molecule has 5 rings (SSSR count). The molecule has 1 aliphatic rings. The first-order valence-corrected chi connectivity index (χ1v) is 11.6. The molecule has 4 aromatic rings. The molecule has 4 heterocycles. The Morgan fingerprint density at radius 2 is 1.60 bits per heavy atom.